The van der Waals surface area contributed by atoms with Gasteiger partial charge in [-0.1, -0.05) is 0 Å². The molecule has 1 aromatic carbocycles. The van der Waals surface area contributed by atoms with Gasteiger partial charge in [0.05, 0.1) is 25.6 Å². The average Bonchev–Trinajstić information content (AvgIpc) is 2.77. The fraction of sp³-hybridized carbons (Fsp3) is 0.609. The molecule has 0 heterocycles. The lowest BCUT2D eigenvalue weighted by molar-refractivity contribution is -0.143. The molecule has 1 fully saturated rings. The molecule has 0 aromatic heterocycles. The van der Waals surface area contributed by atoms with Crippen molar-refractivity contribution in [1.29, 1.82) is 0 Å². The third-order valence-electron chi connectivity index (χ3n) is 5.29. The number of halogens is 2. The molecule has 31 heavy (non-hydrogen) atoms. The van der Waals surface area contributed by atoms with Crippen LogP contribution in [0.15, 0.2) is 24.3 Å². The standard InChI is InChI=1S/C23H30Cl2O6/c24-14-13-21(26)30-16-4-2-1-3-15-29-19-9-11-20(12-10-19)31-23(28)18-7-5-17(6-8-18)22(25)27/h9-12,17-18H,1-8,13-16H2/t17-,18-. The van der Waals surface area contributed by atoms with Gasteiger partial charge in [0.2, 0.25) is 5.24 Å². The maximum Gasteiger partial charge on any atom is 0.314 e. The lowest BCUT2D eigenvalue weighted by Gasteiger charge is -2.24. The summed E-state index contributed by atoms with van der Waals surface area (Å²) in [5, 5.41) is -0.314. The number of benzene rings is 1. The van der Waals surface area contributed by atoms with E-state index in [0.29, 0.717) is 50.5 Å². The minimum absolute atomic E-state index is 0.138. The predicted octanol–water partition coefficient (Wildman–Crippen LogP) is 5.28. The van der Waals surface area contributed by atoms with Crippen molar-refractivity contribution in [3.8, 4) is 11.5 Å². The second-order valence-corrected chi connectivity index (χ2v) is 8.42. The maximum atomic E-state index is 12.3. The second-order valence-electron chi connectivity index (χ2n) is 7.67. The van der Waals surface area contributed by atoms with Crippen LogP contribution in [0.25, 0.3) is 0 Å². The lowest BCUT2D eigenvalue weighted by Crippen LogP contribution is -2.27. The van der Waals surface area contributed by atoms with E-state index in [4.69, 9.17) is 37.4 Å². The molecule has 0 aliphatic heterocycles. The van der Waals surface area contributed by atoms with Gasteiger partial charge in [0.15, 0.2) is 0 Å². The van der Waals surface area contributed by atoms with Crippen LogP contribution < -0.4 is 9.47 Å². The number of alkyl halides is 1. The van der Waals surface area contributed by atoms with Crippen LogP contribution in [0.2, 0.25) is 0 Å². The Hall–Kier alpha value is -1.79. The number of unbranched alkanes of at least 4 members (excludes halogenated alkanes) is 3. The van der Waals surface area contributed by atoms with Crippen molar-refractivity contribution in [3.05, 3.63) is 24.3 Å². The number of hydrogen-bond donors (Lipinski definition) is 0. The Bertz CT molecular complexity index is 699. The summed E-state index contributed by atoms with van der Waals surface area (Å²) in [5.41, 5.74) is 0. The van der Waals surface area contributed by atoms with Gasteiger partial charge in [0.25, 0.3) is 0 Å². The van der Waals surface area contributed by atoms with E-state index in [1.165, 1.54) is 0 Å². The highest BCUT2D eigenvalue weighted by Crippen LogP contribution is 2.31. The molecule has 0 amide bonds. The van der Waals surface area contributed by atoms with Crippen molar-refractivity contribution in [1.82, 2.24) is 0 Å². The first-order valence-electron chi connectivity index (χ1n) is 10.8. The minimum atomic E-state index is -0.314. The van der Waals surface area contributed by atoms with E-state index in [1.54, 1.807) is 24.3 Å². The van der Waals surface area contributed by atoms with Gasteiger partial charge in [-0.15, -0.1) is 11.6 Å². The van der Waals surface area contributed by atoms with Crippen molar-refractivity contribution in [2.24, 2.45) is 11.8 Å². The SMILES string of the molecule is O=C(CCCl)OCCCCCCOc1ccc(OC(=O)[C@H]2CC[C@H](C(=O)Cl)CC2)cc1. The van der Waals surface area contributed by atoms with Gasteiger partial charge in [0, 0.05) is 11.8 Å². The number of hydrogen-bond acceptors (Lipinski definition) is 6. The van der Waals surface area contributed by atoms with Crippen LogP contribution in [-0.2, 0) is 19.1 Å². The first-order valence-corrected chi connectivity index (χ1v) is 11.8. The highest BCUT2D eigenvalue weighted by molar-refractivity contribution is 6.63. The number of esters is 2. The summed E-state index contributed by atoms with van der Waals surface area (Å²) in [7, 11) is 0. The zero-order valence-electron chi connectivity index (χ0n) is 17.7. The van der Waals surface area contributed by atoms with Crippen molar-refractivity contribution < 1.29 is 28.6 Å². The van der Waals surface area contributed by atoms with Gasteiger partial charge >= 0.3 is 11.9 Å². The molecule has 0 saturated heterocycles. The van der Waals surface area contributed by atoms with Crippen LogP contribution in [0.3, 0.4) is 0 Å². The Kier molecular flexibility index (Phi) is 11.8. The van der Waals surface area contributed by atoms with E-state index < -0.39 is 0 Å². The third-order valence-corrected chi connectivity index (χ3v) is 5.79. The molecule has 0 spiro atoms. The van der Waals surface area contributed by atoms with Crippen molar-refractivity contribution in [2.45, 2.75) is 57.8 Å². The zero-order chi connectivity index (χ0) is 22.5. The molecule has 1 saturated carbocycles. The first-order chi connectivity index (χ1) is 15.0. The number of rotatable bonds is 13. The van der Waals surface area contributed by atoms with Crippen LogP contribution in [-0.4, -0.2) is 36.3 Å². The van der Waals surface area contributed by atoms with Gasteiger partial charge in [-0.25, -0.2) is 0 Å². The molecule has 0 N–H and O–H groups in total. The number of carbonyl (C=O) groups excluding carboxylic acids is 3. The molecule has 1 aliphatic rings. The predicted molar refractivity (Wildman–Crippen MR) is 119 cm³/mol. The summed E-state index contributed by atoms with van der Waals surface area (Å²) in [4.78, 5) is 34.7. The van der Waals surface area contributed by atoms with Crippen LogP contribution in [0.4, 0.5) is 0 Å². The van der Waals surface area contributed by atoms with E-state index in [-0.39, 0.29) is 35.4 Å². The Morgan fingerprint density at radius 3 is 2.03 bits per heavy atom. The number of ether oxygens (including phenoxy) is 3. The van der Waals surface area contributed by atoms with Crippen molar-refractivity contribution >= 4 is 40.4 Å². The molecule has 0 unspecified atom stereocenters. The molecule has 1 aliphatic carbocycles. The molecular weight excluding hydrogens is 443 g/mol. The molecule has 0 radical (unpaired) electrons. The highest BCUT2D eigenvalue weighted by atomic mass is 35.5. The Morgan fingerprint density at radius 2 is 1.42 bits per heavy atom. The van der Waals surface area contributed by atoms with Crippen LogP contribution in [0.1, 0.15) is 57.8 Å². The quantitative estimate of drug-likeness (QED) is 0.128. The van der Waals surface area contributed by atoms with Crippen LogP contribution in [0.5, 0.6) is 11.5 Å². The van der Waals surface area contributed by atoms with Crippen molar-refractivity contribution in [2.75, 3.05) is 19.1 Å². The number of carbonyl (C=O) groups is 3. The van der Waals surface area contributed by atoms with Crippen LogP contribution in [0, 0.1) is 11.8 Å². The summed E-state index contributed by atoms with van der Waals surface area (Å²) >= 11 is 11.0. The third kappa shape index (κ3) is 9.92. The van der Waals surface area contributed by atoms with Crippen molar-refractivity contribution in [3.63, 3.8) is 0 Å². The maximum absolute atomic E-state index is 12.3. The largest absolute Gasteiger partial charge is 0.494 e. The monoisotopic (exact) mass is 472 g/mol. The molecule has 1 aromatic rings. The van der Waals surface area contributed by atoms with Gasteiger partial charge in [0.1, 0.15) is 11.5 Å². The minimum Gasteiger partial charge on any atom is -0.494 e. The van der Waals surface area contributed by atoms with Crippen LogP contribution >= 0.6 is 23.2 Å². The topological polar surface area (TPSA) is 78.9 Å². The summed E-state index contributed by atoms with van der Waals surface area (Å²) < 4.78 is 16.2. The fourth-order valence-electron chi connectivity index (χ4n) is 3.44. The highest BCUT2D eigenvalue weighted by Gasteiger charge is 2.30. The molecule has 8 heteroatoms. The molecule has 0 bridgehead atoms. The van der Waals surface area contributed by atoms with E-state index >= 15 is 0 Å². The van der Waals surface area contributed by atoms with E-state index in [0.717, 1.165) is 31.4 Å². The second kappa shape index (κ2) is 14.3. The molecule has 172 valence electrons. The molecule has 0 atom stereocenters. The Morgan fingerprint density at radius 1 is 0.839 bits per heavy atom. The molecule has 2 rings (SSSR count). The van der Waals surface area contributed by atoms with Gasteiger partial charge in [-0.3, -0.25) is 14.4 Å². The summed E-state index contributed by atoms with van der Waals surface area (Å²) in [6, 6.07) is 7.00. The van der Waals surface area contributed by atoms with Gasteiger partial charge in [-0.2, -0.15) is 0 Å². The van der Waals surface area contributed by atoms with E-state index in [1.807, 2.05) is 0 Å². The molecule has 6 nitrogen and oxygen atoms in total. The Balaban J connectivity index is 1.57. The normalized spacial score (nSPS) is 18.3. The van der Waals surface area contributed by atoms with E-state index in [2.05, 4.69) is 0 Å². The lowest BCUT2D eigenvalue weighted by atomic mass is 9.83. The first kappa shape index (κ1) is 25.5. The van der Waals surface area contributed by atoms with E-state index in [9.17, 15) is 14.4 Å². The summed E-state index contributed by atoms with van der Waals surface area (Å²) in [5.74, 6) is 0.657. The fourth-order valence-corrected chi connectivity index (χ4v) is 3.82. The summed E-state index contributed by atoms with van der Waals surface area (Å²) in [6.45, 7) is 1.02. The van der Waals surface area contributed by atoms with Gasteiger partial charge < -0.3 is 14.2 Å². The zero-order valence-corrected chi connectivity index (χ0v) is 19.2. The Labute approximate surface area is 193 Å². The summed E-state index contributed by atoms with van der Waals surface area (Å²) in [6.07, 6.45) is 6.46. The molecular formula is C23H30Cl2O6. The smallest absolute Gasteiger partial charge is 0.314 e. The average molecular weight is 473 g/mol. The van der Waals surface area contributed by atoms with Gasteiger partial charge in [-0.05, 0) is 87.2 Å².